The first kappa shape index (κ1) is 16.3. The fourth-order valence-corrected chi connectivity index (χ4v) is 2.80. The molecule has 0 bridgehead atoms. The summed E-state index contributed by atoms with van der Waals surface area (Å²) >= 11 is 5.85. The Hall–Kier alpha value is -1.07. The molecule has 114 valence electrons. The van der Waals surface area contributed by atoms with Crippen LogP contribution < -0.4 is 5.32 Å². The number of hydrogen-bond donors (Lipinski definition) is 1. The van der Waals surface area contributed by atoms with Gasteiger partial charge in [0.25, 0.3) is 0 Å². The van der Waals surface area contributed by atoms with Gasteiger partial charge in [-0.25, -0.2) is 4.39 Å². The third kappa shape index (κ3) is 3.58. The monoisotopic (exact) mass is 330 g/mol. The van der Waals surface area contributed by atoms with E-state index in [2.05, 4.69) is 10.2 Å². The van der Waals surface area contributed by atoms with Crippen molar-refractivity contribution in [1.29, 1.82) is 0 Å². The molecule has 1 saturated heterocycles. The second-order valence-corrected chi connectivity index (χ2v) is 5.31. The van der Waals surface area contributed by atoms with Gasteiger partial charge in [0.15, 0.2) is 0 Å². The van der Waals surface area contributed by atoms with Crippen molar-refractivity contribution < 1.29 is 8.81 Å². The number of furan rings is 1. The standard InChI is InChI=1S/C15H16ClFN2O.ClH/c16-11-3-4-12(13(17)10-11)15(14-2-1-9-20-14)19-7-5-18-6-8-19;/h1-4,9-10,15,18H,5-8H2;1H/t15-;/m1./s1. The Morgan fingerprint density at radius 3 is 2.62 bits per heavy atom. The first-order chi connectivity index (χ1) is 9.75. The maximum absolute atomic E-state index is 14.3. The van der Waals surface area contributed by atoms with Crippen LogP contribution >= 0.6 is 24.0 Å². The highest BCUT2D eigenvalue weighted by atomic mass is 35.5. The Morgan fingerprint density at radius 2 is 2.00 bits per heavy atom. The van der Waals surface area contributed by atoms with E-state index >= 15 is 0 Å². The van der Waals surface area contributed by atoms with Crippen LogP contribution in [0.1, 0.15) is 17.4 Å². The molecule has 6 heteroatoms. The van der Waals surface area contributed by atoms with Crippen molar-refractivity contribution in [1.82, 2.24) is 10.2 Å². The van der Waals surface area contributed by atoms with Crippen LogP contribution in [0.25, 0.3) is 0 Å². The minimum absolute atomic E-state index is 0. The quantitative estimate of drug-likeness (QED) is 0.933. The Balaban J connectivity index is 0.00000161. The second-order valence-electron chi connectivity index (χ2n) is 4.87. The molecule has 0 unspecified atom stereocenters. The first-order valence-electron chi connectivity index (χ1n) is 6.69. The van der Waals surface area contributed by atoms with Crippen LogP contribution in [0.5, 0.6) is 0 Å². The number of piperazine rings is 1. The molecule has 1 aliphatic rings. The summed E-state index contributed by atoms with van der Waals surface area (Å²) < 4.78 is 19.8. The predicted octanol–water partition coefficient (Wildman–Crippen LogP) is 3.49. The van der Waals surface area contributed by atoms with Crippen LogP contribution in [0.3, 0.4) is 0 Å². The Bertz CT molecular complexity index is 571. The summed E-state index contributed by atoms with van der Waals surface area (Å²) in [4.78, 5) is 2.22. The van der Waals surface area contributed by atoms with E-state index in [-0.39, 0.29) is 24.3 Å². The lowest BCUT2D eigenvalue weighted by atomic mass is 10.0. The summed E-state index contributed by atoms with van der Waals surface area (Å²) in [6.07, 6.45) is 1.62. The van der Waals surface area contributed by atoms with Crippen molar-refractivity contribution in [3.8, 4) is 0 Å². The first-order valence-corrected chi connectivity index (χ1v) is 7.06. The largest absolute Gasteiger partial charge is 0.467 e. The maximum atomic E-state index is 14.3. The van der Waals surface area contributed by atoms with Gasteiger partial charge in [0, 0.05) is 36.8 Å². The molecule has 0 amide bonds. The number of rotatable bonds is 3. The topological polar surface area (TPSA) is 28.4 Å². The van der Waals surface area contributed by atoms with E-state index in [0.717, 1.165) is 31.9 Å². The molecule has 0 saturated carbocycles. The Morgan fingerprint density at radius 1 is 1.24 bits per heavy atom. The lowest BCUT2D eigenvalue weighted by Gasteiger charge is -2.34. The second kappa shape index (κ2) is 7.27. The zero-order valence-electron chi connectivity index (χ0n) is 11.4. The molecule has 1 aromatic carbocycles. The fraction of sp³-hybridized carbons (Fsp3) is 0.333. The van der Waals surface area contributed by atoms with Crippen LogP contribution in [0, 0.1) is 5.82 Å². The highest BCUT2D eigenvalue weighted by Crippen LogP contribution is 2.32. The average Bonchev–Trinajstić information content (AvgIpc) is 2.97. The molecule has 1 atom stereocenters. The number of hydrogen-bond acceptors (Lipinski definition) is 3. The number of halogens is 3. The smallest absolute Gasteiger partial charge is 0.129 e. The number of nitrogens with one attached hydrogen (secondary N) is 1. The Labute approximate surface area is 134 Å². The lowest BCUT2D eigenvalue weighted by molar-refractivity contribution is 0.177. The summed E-state index contributed by atoms with van der Waals surface area (Å²) in [6, 6.07) is 8.34. The van der Waals surface area contributed by atoms with Crippen molar-refractivity contribution in [3.05, 3.63) is 58.8 Å². The highest BCUT2D eigenvalue weighted by Gasteiger charge is 2.28. The van der Waals surface area contributed by atoms with Crippen molar-refractivity contribution >= 4 is 24.0 Å². The van der Waals surface area contributed by atoms with Crippen LogP contribution in [0.15, 0.2) is 41.0 Å². The number of benzene rings is 1. The van der Waals surface area contributed by atoms with E-state index in [1.165, 1.54) is 6.07 Å². The average molecular weight is 331 g/mol. The third-order valence-electron chi connectivity index (χ3n) is 3.59. The van der Waals surface area contributed by atoms with E-state index < -0.39 is 0 Å². The third-order valence-corrected chi connectivity index (χ3v) is 3.82. The predicted molar refractivity (Wildman–Crippen MR) is 83.7 cm³/mol. The van der Waals surface area contributed by atoms with Crippen LogP contribution in [0.4, 0.5) is 4.39 Å². The van der Waals surface area contributed by atoms with Gasteiger partial charge in [-0.15, -0.1) is 12.4 Å². The molecule has 1 aliphatic heterocycles. The SMILES string of the molecule is Cl.Fc1cc(Cl)ccc1[C@H](c1ccco1)N1CCNCC1. The van der Waals surface area contributed by atoms with Crippen LogP contribution in [-0.4, -0.2) is 31.1 Å². The molecule has 3 nitrogen and oxygen atoms in total. The van der Waals surface area contributed by atoms with E-state index in [1.807, 2.05) is 12.1 Å². The molecule has 3 rings (SSSR count). The van der Waals surface area contributed by atoms with Crippen LogP contribution in [0.2, 0.25) is 5.02 Å². The zero-order chi connectivity index (χ0) is 13.9. The molecule has 2 aromatic rings. The van der Waals surface area contributed by atoms with Crippen molar-refractivity contribution in [3.63, 3.8) is 0 Å². The molecular formula is C15H17Cl2FN2O. The van der Waals surface area contributed by atoms with E-state index in [9.17, 15) is 4.39 Å². The summed E-state index contributed by atoms with van der Waals surface area (Å²) in [5.41, 5.74) is 0.603. The van der Waals surface area contributed by atoms with E-state index in [4.69, 9.17) is 16.0 Å². The molecule has 2 heterocycles. The normalized spacial score (nSPS) is 17.2. The molecule has 1 fully saturated rings. The van der Waals surface area contributed by atoms with Gasteiger partial charge in [-0.05, 0) is 24.3 Å². The summed E-state index contributed by atoms with van der Waals surface area (Å²) in [5, 5.41) is 3.71. The van der Waals surface area contributed by atoms with Gasteiger partial charge in [-0.1, -0.05) is 17.7 Å². The summed E-state index contributed by atoms with van der Waals surface area (Å²) in [7, 11) is 0. The van der Waals surface area contributed by atoms with Crippen molar-refractivity contribution in [2.24, 2.45) is 0 Å². The molecule has 0 radical (unpaired) electrons. The maximum Gasteiger partial charge on any atom is 0.129 e. The van der Waals surface area contributed by atoms with E-state index in [1.54, 1.807) is 18.4 Å². The van der Waals surface area contributed by atoms with Crippen molar-refractivity contribution in [2.45, 2.75) is 6.04 Å². The van der Waals surface area contributed by atoms with Crippen LogP contribution in [-0.2, 0) is 0 Å². The van der Waals surface area contributed by atoms with Crippen molar-refractivity contribution in [2.75, 3.05) is 26.2 Å². The molecule has 21 heavy (non-hydrogen) atoms. The molecule has 0 aliphatic carbocycles. The van der Waals surface area contributed by atoms with E-state index in [0.29, 0.717) is 10.6 Å². The highest BCUT2D eigenvalue weighted by molar-refractivity contribution is 6.30. The Kier molecular flexibility index (Phi) is 5.65. The fourth-order valence-electron chi connectivity index (χ4n) is 2.64. The summed E-state index contributed by atoms with van der Waals surface area (Å²) in [5.74, 6) is 0.463. The molecular weight excluding hydrogens is 314 g/mol. The van der Waals surface area contributed by atoms with Gasteiger partial charge < -0.3 is 9.73 Å². The van der Waals surface area contributed by atoms with Gasteiger partial charge in [0.1, 0.15) is 11.6 Å². The van der Waals surface area contributed by atoms with Gasteiger partial charge in [-0.2, -0.15) is 0 Å². The zero-order valence-corrected chi connectivity index (χ0v) is 13.0. The molecule has 1 aromatic heterocycles. The molecule has 0 spiro atoms. The molecule has 1 N–H and O–H groups in total. The lowest BCUT2D eigenvalue weighted by Crippen LogP contribution is -2.45. The minimum atomic E-state index is -0.294. The summed E-state index contributed by atoms with van der Waals surface area (Å²) in [6.45, 7) is 3.50. The minimum Gasteiger partial charge on any atom is -0.467 e. The van der Waals surface area contributed by atoms with Gasteiger partial charge in [0.2, 0.25) is 0 Å². The van der Waals surface area contributed by atoms with Gasteiger partial charge in [0.05, 0.1) is 12.3 Å². The number of nitrogens with zero attached hydrogens (tertiary/aromatic N) is 1. The van der Waals surface area contributed by atoms with Gasteiger partial charge >= 0.3 is 0 Å². The van der Waals surface area contributed by atoms with Gasteiger partial charge in [-0.3, -0.25) is 4.90 Å².